The summed E-state index contributed by atoms with van der Waals surface area (Å²) in [6.07, 6.45) is 1.66. The molecule has 0 aromatic heterocycles. The maximum atomic E-state index is 11.1. The van der Waals surface area contributed by atoms with Crippen LogP contribution in [-0.4, -0.2) is 15.9 Å². The molecule has 1 rings (SSSR count). The second-order valence-corrected chi connectivity index (χ2v) is 6.67. The van der Waals surface area contributed by atoms with E-state index in [0.717, 1.165) is 12.8 Å². The topological polar surface area (TPSA) is 81.3 Å². The first-order chi connectivity index (χ1) is 7.29. The van der Waals surface area contributed by atoms with Gasteiger partial charge in [-0.2, -0.15) is 5.26 Å². The van der Waals surface area contributed by atoms with E-state index in [1.165, 1.54) is 0 Å². The third-order valence-electron chi connectivity index (χ3n) is 3.80. The van der Waals surface area contributed by atoms with Crippen molar-refractivity contribution in [1.82, 2.24) is 0 Å². The summed E-state index contributed by atoms with van der Waals surface area (Å²) in [5.74, 6) is 1.07. The normalized spacial score (nSPS) is 32.9. The van der Waals surface area contributed by atoms with Crippen LogP contribution in [0.3, 0.4) is 0 Å². The van der Waals surface area contributed by atoms with Crippen molar-refractivity contribution in [2.45, 2.75) is 33.6 Å². The molecule has 1 aliphatic rings. The Hall–Kier alpha value is -0.360. The standard InChI is InChI=1S/C11H20NO3P/c1-4-8-9(5-2)10(8)11(3,6-12)7-16(13,14)15/h8-10H,4-5,7H2,1-3H3,(H2,13,14,15). The Labute approximate surface area is 96.8 Å². The molecule has 0 heterocycles. The van der Waals surface area contributed by atoms with Crippen molar-refractivity contribution in [1.29, 1.82) is 5.26 Å². The highest BCUT2D eigenvalue weighted by Crippen LogP contribution is 2.62. The fourth-order valence-electron chi connectivity index (χ4n) is 3.15. The van der Waals surface area contributed by atoms with Crippen molar-refractivity contribution in [2.75, 3.05) is 6.16 Å². The predicted molar refractivity (Wildman–Crippen MR) is 61.7 cm³/mol. The van der Waals surface area contributed by atoms with Gasteiger partial charge in [0.05, 0.1) is 17.6 Å². The smallest absolute Gasteiger partial charge is 0.324 e. The quantitative estimate of drug-likeness (QED) is 0.728. The highest BCUT2D eigenvalue weighted by atomic mass is 31.2. The minimum atomic E-state index is -4.11. The fourth-order valence-corrected chi connectivity index (χ4v) is 4.28. The van der Waals surface area contributed by atoms with Gasteiger partial charge in [-0.3, -0.25) is 4.57 Å². The third kappa shape index (κ3) is 2.66. The average Bonchev–Trinajstić information content (AvgIpc) is 2.88. The largest absolute Gasteiger partial charge is 0.327 e. The van der Waals surface area contributed by atoms with Crippen molar-refractivity contribution in [3.63, 3.8) is 0 Å². The lowest BCUT2D eigenvalue weighted by Gasteiger charge is -2.22. The summed E-state index contributed by atoms with van der Waals surface area (Å²) in [5, 5.41) is 9.19. The van der Waals surface area contributed by atoms with Crippen molar-refractivity contribution in [3.05, 3.63) is 0 Å². The molecule has 3 atom stereocenters. The molecule has 4 nitrogen and oxygen atoms in total. The molecule has 0 aromatic carbocycles. The van der Waals surface area contributed by atoms with Crippen LogP contribution in [0.5, 0.6) is 0 Å². The van der Waals surface area contributed by atoms with Crippen molar-refractivity contribution < 1.29 is 14.4 Å². The number of hydrogen-bond acceptors (Lipinski definition) is 2. The van der Waals surface area contributed by atoms with Crippen LogP contribution in [0.4, 0.5) is 0 Å². The van der Waals surface area contributed by atoms with Gasteiger partial charge < -0.3 is 9.79 Å². The summed E-state index contributed by atoms with van der Waals surface area (Å²) in [7, 11) is -4.11. The summed E-state index contributed by atoms with van der Waals surface area (Å²) in [4.78, 5) is 18.1. The molecule has 2 N–H and O–H groups in total. The molecule has 1 fully saturated rings. The zero-order chi connectivity index (χ0) is 12.6. The predicted octanol–water partition coefficient (Wildman–Crippen LogP) is 2.38. The van der Waals surface area contributed by atoms with E-state index in [4.69, 9.17) is 9.79 Å². The number of nitrogens with zero attached hydrogens (tertiary/aromatic N) is 1. The molecule has 92 valence electrons. The van der Waals surface area contributed by atoms with Gasteiger partial charge in [0.1, 0.15) is 0 Å². The Morgan fingerprint density at radius 1 is 1.31 bits per heavy atom. The van der Waals surface area contributed by atoms with Gasteiger partial charge in [-0.15, -0.1) is 0 Å². The Morgan fingerprint density at radius 3 is 2.00 bits per heavy atom. The minimum Gasteiger partial charge on any atom is -0.324 e. The summed E-state index contributed by atoms with van der Waals surface area (Å²) in [6.45, 7) is 5.83. The molecule has 0 saturated heterocycles. The highest BCUT2D eigenvalue weighted by Gasteiger charge is 2.58. The van der Waals surface area contributed by atoms with Crippen LogP contribution < -0.4 is 0 Å². The number of rotatable bonds is 5. The van der Waals surface area contributed by atoms with E-state index in [0.29, 0.717) is 11.8 Å². The molecule has 0 spiro atoms. The maximum absolute atomic E-state index is 11.1. The Morgan fingerprint density at radius 2 is 1.75 bits per heavy atom. The van der Waals surface area contributed by atoms with E-state index < -0.39 is 13.0 Å². The maximum Gasteiger partial charge on any atom is 0.327 e. The number of nitriles is 1. The van der Waals surface area contributed by atoms with E-state index in [-0.39, 0.29) is 12.1 Å². The van der Waals surface area contributed by atoms with Gasteiger partial charge in [-0.05, 0) is 24.7 Å². The number of hydrogen-bond donors (Lipinski definition) is 2. The highest BCUT2D eigenvalue weighted by molar-refractivity contribution is 7.51. The Balaban J connectivity index is 2.84. The molecule has 0 bridgehead atoms. The van der Waals surface area contributed by atoms with Crippen LogP contribution in [0.15, 0.2) is 0 Å². The zero-order valence-electron chi connectivity index (χ0n) is 10.1. The first-order valence-corrected chi connectivity index (χ1v) is 7.54. The van der Waals surface area contributed by atoms with Crippen LogP contribution in [0.25, 0.3) is 0 Å². The summed E-state index contributed by atoms with van der Waals surface area (Å²) in [6, 6.07) is 2.13. The SMILES string of the molecule is CCC1C(CC)C1C(C)(C#N)CP(=O)(O)O. The van der Waals surface area contributed by atoms with Crippen molar-refractivity contribution in [2.24, 2.45) is 23.2 Å². The Bertz CT molecular complexity index is 336. The summed E-state index contributed by atoms with van der Waals surface area (Å²) >= 11 is 0. The average molecular weight is 245 g/mol. The van der Waals surface area contributed by atoms with Gasteiger partial charge in [-0.25, -0.2) is 0 Å². The van der Waals surface area contributed by atoms with Crippen molar-refractivity contribution >= 4 is 7.60 Å². The lowest BCUT2D eigenvalue weighted by molar-refractivity contribution is 0.320. The second kappa shape index (κ2) is 4.49. The van der Waals surface area contributed by atoms with E-state index in [9.17, 15) is 9.83 Å². The van der Waals surface area contributed by atoms with E-state index in [1.54, 1.807) is 6.92 Å². The summed E-state index contributed by atoms with van der Waals surface area (Å²) < 4.78 is 11.1. The van der Waals surface area contributed by atoms with Gasteiger partial charge >= 0.3 is 7.60 Å². The molecule has 0 aliphatic heterocycles. The van der Waals surface area contributed by atoms with Crippen LogP contribution in [0, 0.1) is 34.5 Å². The molecular formula is C11H20NO3P. The van der Waals surface area contributed by atoms with Gasteiger partial charge in [0.25, 0.3) is 0 Å². The molecule has 1 aliphatic carbocycles. The van der Waals surface area contributed by atoms with Crippen LogP contribution in [0.2, 0.25) is 0 Å². The zero-order valence-corrected chi connectivity index (χ0v) is 10.9. The molecule has 0 amide bonds. The van der Waals surface area contributed by atoms with Gasteiger partial charge in [-0.1, -0.05) is 26.7 Å². The van der Waals surface area contributed by atoms with E-state index >= 15 is 0 Å². The third-order valence-corrected chi connectivity index (χ3v) is 4.87. The lowest BCUT2D eigenvalue weighted by atomic mass is 9.86. The minimum absolute atomic E-state index is 0.153. The van der Waals surface area contributed by atoms with E-state index in [2.05, 4.69) is 19.9 Å². The van der Waals surface area contributed by atoms with Crippen LogP contribution in [-0.2, 0) is 4.57 Å². The van der Waals surface area contributed by atoms with E-state index in [1.807, 2.05) is 0 Å². The fraction of sp³-hybridized carbons (Fsp3) is 0.909. The van der Waals surface area contributed by atoms with Gasteiger partial charge in [0.15, 0.2) is 0 Å². The van der Waals surface area contributed by atoms with Crippen LogP contribution in [0.1, 0.15) is 33.6 Å². The Kier molecular flexibility index (Phi) is 3.84. The molecular weight excluding hydrogens is 225 g/mol. The first-order valence-electron chi connectivity index (χ1n) is 5.75. The molecule has 5 heteroatoms. The monoisotopic (exact) mass is 245 g/mol. The molecule has 16 heavy (non-hydrogen) atoms. The molecule has 3 unspecified atom stereocenters. The van der Waals surface area contributed by atoms with Crippen molar-refractivity contribution in [3.8, 4) is 6.07 Å². The van der Waals surface area contributed by atoms with Crippen LogP contribution >= 0.6 is 7.60 Å². The summed E-state index contributed by atoms with van der Waals surface area (Å²) in [5.41, 5.74) is -0.875. The molecule has 0 radical (unpaired) electrons. The lowest BCUT2D eigenvalue weighted by Crippen LogP contribution is -2.23. The first kappa shape index (κ1) is 13.7. The second-order valence-electron chi connectivity index (χ2n) is 5.02. The van der Waals surface area contributed by atoms with Gasteiger partial charge in [0, 0.05) is 0 Å². The molecule has 1 saturated carbocycles. The van der Waals surface area contributed by atoms with Gasteiger partial charge in [0.2, 0.25) is 0 Å². The molecule has 0 aromatic rings.